The Labute approximate surface area is 112 Å². The molecule has 0 aliphatic heterocycles. The summed E-state index contributed by atoms with van der Waals surface area (Å²) >= 11 is 0. The summed E-state index contributed by atoms with van der Waals surface area (Å²) in [5, 5.41) is 0. The standard InChI is InChI=1S/C18H28/c1-9-3-11(4-9)12-6-15-16(7-12)18(15)17-8-13-10(2)5-14(13)17/h9-18H,3-8H2,1-2H3. The molecule has 0 amide bonds. The summed E-state index contributed by atoms with van der Waals surface area (Å²) in [6, 6.07) is 0. The third-order valence-corrected chi connectivity index (χ3v) is 8.14. The highest BCUT2D eigenvalue weighted by molar-refractivity contribution is 5.14. The fourth-order valence-corrected chi connectivity index (χ4v) is 6.94. The molecule has 0 saturated heterocycles. The summed E-state index contributed by atoms with van der Waals surface area (Å²) in [5.41, 5.74) is 0. The lowest BCUT2D eigenvalue weighted by molar-refractivity contribution is -0.0950. The van der Waals surface area contributed by atoms with E-state index < -0.39 is 0 Å². The molecule has 5 aliphatic carbocycles. The Balaban J connectivity index is 1.17. The maximum Gasteiger partial charge on any atom is -0.0320 e. The molecule has 0 aromatic rings. The van der Waals surface area contributed by atoms with Gasteiger partial charge in [-0.05, 0) is 97.7 Å². The van der Waals surface area contributed by atoms with E-state index in [9.17, 15) is 0 Å². The summed E-state index contributed by atoms with van der Waals surface area (Å²) < 4.78 is 0. The second kappa shape index (κ2) is 3.36. The first-order chi connectivity index (χ1) is 8.72. The second-order valence-corrected chi connectivity index (χ2v) is 8.91. The van der Waals surface area contributed by atoms with Crippen LogP contribution < -0.4 is 0 Å². The lowest BCUT2D eigenvalue weighted by Gasteiger charge is -2.58. The molecule has 0 heterocycles. The quantitative estimate of drug-likeness (QED) is 0.666. The number of fused-ring (bicyclic) bond motifs is 2. The first-order valence-corrected chi connectivity index (χ1v) is 8.72. The molecule has 6 unspecified atom stereocenters. The molecule has 0 aromatic carbocycles. The van der Waals surface area contributed by atoms with Crippen molar-refractivity contribution >= 4 is 0 Å². The van der Waals surface area contributed by atoms with E-state index in [1.54, 1.807) is 38.5 Å². The highest BCUT2D eigenvalue weighted by Crippen LogP contribution is 2.72. The van der Waals surface area contributed by atoms with Gasteiger partial charge in [-0.2, -0.15) is 0 Å². The zero-order valence-corrected chi connectivity index (χ0v) is 12.0. The summed E-state index contributed by atoms with van der Waals surface area (Å²) in [6.07, 6.45) is 9.66. The SMILES string of the molecule is CC1CC(C2CC3C(C2)C3C2CC3C(C)CC32)C1. The first-order valence-electron chi connectivity index (χ1n) is 8.72. The Hall–Kier alpha value is 0. The predicted molar refractivity (Wildman–Crippen MR) is 74.0 cm³/mol. The molecule has 18 heavy (non-hydrogen) atoms. The van der Waals surface area contributed by atoms with E-state index in [0.29, 0.717) is 0 Å². The summed E-state index contributed by atoms with van der Waals surface area (Å²) in [7, 11) is 0. The topological polar surface area (TPSA) is 0 Å². The molecule has 100 valence electrons. The molecule has 0 N–H and O–H groups in total. The van der Waals surface area contributed by atoms with Crippen LogP contribution in [0.25, 0.3) is 0 Å². The van der Waals surface area contributed by atoms with Gasteiger partial charge in [0.1, 0.15) is 0 Å². The molecule has 5 rings (SSSR count). The van der Waals surface area contributed by atoms with Gasteiger partial charge in [0.15, 0.2) is 0 Å². The fraction of sp³-hybridized carbons (Fsp3) is 1.00. The zero-order valence-electron chi connectivity index (χ0n) is 12.0. The maximum absolute atomic E-state index is 2.49. The van der Waals surface area contributed by atoms with Crippen molar-refractivity contribution in [3.8, 4) is 0 Å². The minimum Gasteiger partial charge on any atom is -0.0625 e. The molecule has 0 spiro atoms. The van der Waals surface area contributed by atoms with E-state index in [4.69, 9.17) is 0 Å². The van der Waals surface area contributed by atoms with Gasteiger partial charge in [0.05, 0.1) is 0 Å². The van der Waals surface area contributed by atoms with Crippen molar-refractivity contribution < 1.29 is 0 Å². The van der Waals surface area contributed by atoms with Crippen LogP contribution in [0.1, 0.15) is 52.4 Å². The average Bonchev–Trinajstić information content (AvgIpc) is 2.77. The highest BCUT2D eigenvalue weighted by Gasteiger charge is 2.66. The van der Waals surface area contributed by atoms with Crippen LogP contribution in [0, 0.1) is 59.2 Å². The van der Waals surface area contributed by atoms with Crippen molar-refractivity contribution in [1.82, 2.24) is 0 Å². The van der Waals surface area contributed by atoms with Crippen LogP contribution in [-0.4, -0.2) is 0 Å². The van der Waals surface area contributed by atoms with Crippen molar-refractivity contribution in [2.24, 2.45) is 59.2 Å². The van der Waals surface area contributed by atoms with Gasteiger partial charge in [0, 0.05) is 0 Å². The van der Waals surface area contributed by atoms with Crippen molar-refractivity contribution in [2.45, 2.75) is 52.4 Å². The summed E-state index contributed by atoms with van der Waals surface area (Å²) in [4.78, 5) is 0. The van der Waals surface area contributed by atoms with Crippen molar-refractivity contribution in [2.75, 3.05) is 0 Å². The van der Waals surface area contributed by atoms with Gasteiger partial charge in [0.25, 0.3) is 0 Å². The Morgan fingerprint density at radius 3 is 1.67 bits per heavy atom. The third-order valence-electron chi connectivity index (χ3n) is 8.14. The lowest BCUT2D eigenvalue weighted by Crippen LogP contribution is -2.51. The highest BCUT2D eigenvalue weighted by atomic mass is 14.7. The predicted octanol–water partition coefficient (Wildman–Crippen LogP) is 4.60. The molecule has 0 nitrogen and oxygen atoms in total. The Kier molecular flexibility index (Phi) is 2.01. The average molecular weight is 244 g/mol. The molecule has 5 fully saturated rings. The zero-order chi connectivity index (χ0) is 12.0. The van der Waals surface area contributed by atoms with Crippen molar-refractivity contribution in [1.29, 1.82) is 0 Å². The van der Waals surface area contributed by atoms with E-state index in [2.05, 4.69) is 13.8 Å². The summed E-state index contributed by atoms with van der Waals surface area (Å²) in [6.45, 7) is 4.93. The van der Waals surface area contributed by atoms with Gasteiger partial charge in [-0.1, -0.05) is 13.8 Å². The number of hydrogen-bond acceptors (Lipinski definition) is 0. The van der Waals surface area contributed by atoms with E-state index in [1.807, 2.05) is 0 Å². The molecule has 0 heteroatoms. The van der Waals surface area contributed by atoms with Crippen molar-refractivity contribution in [3.05, 3.63) is 0 Å². The summed E-state index contributed by atoms with van der Waals surface area (Å²) in [5.74, 6) is 11.7. The van der Waals surface area contributed by atoms with E-state index in [0.717, 1.165) is 17.8 Å². The van der Waals surface area contributed by atoms with E-state index in [1.165, 1.54) is 41.4 Å². The lowest BCUT2D eigenvalue weighted by atomic mass is 9.47. The largest absolute Gasteiger partial charge is 0.0625 e. The first kappa shape index (κ1) is 10.7. The normalized spacial score (nSPS) is 68.3. The van der Waals surface area contributed by atoms with Gasteiger partial charge in [-0.3, -0.25) is 0 Å². The van der Waals surface area contributed by atoms with Gasteiger partial charge >= 0.3 is 0 Å². The van der Waals surface area contributed by atoms with Crippen LogP contribution >= 0.6 is 0 Å². The fourth-order valence-electron chi connectivity index (χ4n) is 6.94. The molecule has 5 aliphatic rings. The molecule has 0 bridgehead atoms. The van der Waals surface area contributed by atoms with Gasteiger partial charge in [0.2, 0.25) is 0 Å². The van der Waals surface area contributed by atoms with Crippen LogP contribution in [0.15, 0.2) is 0 Å². The van der Waals surface area contributed by atoms with Crippen molar-refractivity contribution in [3.63, 3.8) is 0 Å². The maximum atomic E-state index is 2.49. The van der Waals surface area contributed by atoms with Gasteiger partial charge < -0.3 is 0 Å². The van der Waals surface area contributed by atoms with Crippen LogP contribution in [0.4, 0.5) is 0 Å². The Morgan fingerprint density at radius 2 is 1.17 bits per heavy atom. The van der Waals surface area contributed by atoms with E-state index in [-0.39, 0.29) is 0 Å². The van der Waals surface area contributed by atoms with Crippen LogP contribution in [-0.2, 0) is 0 Å². The van der Waals surface area contributed by atoms with Gasteiger partial charge in [-0.25, -0.2) is 0 Å². The Bertz CT molecular complexity index is 354. The number of hydrogen-bond donors (Lipinski definition) is 0. The minimum atomic E-state index is 1.06. The molecule has 0 aromatic heterocycles. The smallest absolute Gasteiger partial charge is 0.0320 e. The molecule has 6 atom stereocenters. The van der Waals surface area contributed by atoms with Crippen LogP contribution in [0.5, 0.6) is 0 Å². The third kappa shape index (κ3) is 1.23. The number of rotatable bonds is 2. The van der Waals surface area contributed by atoms with E-state index >= 15 is 0 Å². The second-order valence-electron chi connectivity index (χ2n) is 8.91. The molecular weight excluding hydrogens is 216 g/mol. The monoisotopic (exact) mass is 244 g/mol. The molecule has 0 radical (unpaired) electrons. The van der Waals surface area contributed by atoms with Crippen LogP contribution in [0.3, 0.4) is 0 Å². The minimum absolute atomic E-state index is 1.06. The molecular formula is C18H28. The molecule has 5 saturated carbocycles. The van der Waals surface area contributed by atoms with Crippen LogP contribution in [0.2, 0.25) is 0 Å². The Morgan fingerprint density at radius 1 is 0.556 bits per heavy atom. The van der Waals surface area contributed by atoms with Gasteiger partial charge in [-0.15, -0.1) is 0 Å².